The third-order valence-corrected chi connectivity index (χ3v) is 5.60. The molecule has 7 heteroatoms. The summed E-state index contributed by atoms with van der Waals surface area (Å²) in [5, 5.41) is 1.03. The first kappa shape index (κ1) is 20.6. The van der Waals surface area contributed by atoms with Crippen molar-refractivity contribution in [1.29, 1.82) is 0 Å². The molecule has 1 amide bonds. The standard InChI is InChI=1S/C26H20FN3O3/c1-16-20-13-18(27)11-12-22(20)33-24(16)26(32)30(14-17-7-3-2-4-8-17)15-23-28-21-10-6-5-9-19(21)25(31)29-23/h2-13H,14-15H2,1H3,(H,28,29,31). The van der Waals surface area contributed by atoms with Crippen LogP contribution in [-0.4, -0.2) is 20.8 Å². The number of furan rings is 1. The van der Waals surface area contributed by atoms with E-state index < -0.39 is 5.82 Å². The summed E-state index contributed by atoms with van der Waals surface area (Å²) < 4.78 is 19.6. The number of aromatic amines is 1. The van der Waals surface area contributed by atoms with Crippen LogP contribution < -0.4 is 5.56 Å². The molecule has 3 aromatic carbocycles. The quantitative estimate of drug-likeness (QED) is 0.418. The van der Waals surface area contributed by atoms with E-state index in [2.05, 4.69) is 9.97 Å². The summed E-state index contributed by atoms with van der Waals surface area (Å²) in [5.41, 5.74) is 2.20. The summed E-state index contributed by atoms with van der Waals surface area (Å²) in [6.07, 6.45) is 0. The largest absolute Gasteiger partial charge is 0.451 e. The number of amides is 1. The second kappa shape index (κ2) is 8.35. The average Bonchev–Trinajstić information content (AvgIpc) is 3.14. The van der Waals surface area contributed by atoms with Gasteiger partial charge in [0.15, 0.2) is 5.76 Å². The van der Waals surface area contributed by atoms with Crippen molar-refractivity contribution >= 4 is 27.8 Å². The highest BCUT2D eigenvalue weighted by Crippen LogP contribution is 2.27. The Bertz CT molecular complexity index is 1540. The number of aryl methyl sites for hydroxylation is 1. The zero-order chi connectivity index (χ0) is 22.9. The first-order valence-corrected chi connectivity index (χ1v) is 10.5. The topological polar surface area (TPSA) is 79.2 Å². The minimum atomic E-state index is -0.399. The van der Waals surface area contributed by atoms with Gasteiger partial charge in [-0.05, 0) is 42.8 Å². The van der Waals surface area contributed by atoms with Gasteiger partial charge in [-0.1, -0.05) is 42.5 Å². The van der Waals surface area contributed by atoms with Crippen LogP contribution in [0.15, 0.2) is 82.0 Å². The van der Waals surface area contributed by atoms with Crippen LogP contribution in [-0.2, 0) is 13.1 Å². The Balaban J connectivity index is 1.55. The maximum absolute atomic E-state index is 13.7. The molecular weight excluding hydrogens is 421 g/mol. The van der Waals surface area contributed by atoms with E-state index in [4.69, 9.17) is 4.42 Å². The maximum atomic E-state index is 13.7. The van der Waals surface area contributed by atoms with Crippen LogP contribution >= 0.6 is 0 Å². The molecule has 5 rings (SSSR count). The van der Waals surface area contributed by atoms with Gasteiger partial charge in [0.2, 0.25) is 0 Å². The molecule has 1 N–H and O–H groups in total. The van der Waals surface area contributed by atoms with Crippen LogP contribution in [0.2, 0.25) is 0 Å². The lowest BCUT2D eigenvalue weighted by Crippen LogP contribution is -2.32. The number of halogens is 1. The van der Waals surface area contributed by atoms with Crippen molar-refractivity contribution in [2.45, 2.75) is 20.0 Å². The maximum Gasteiger partial charge on any atom is 0.290 e. The summed E-state index contributed by atoms with van der Waals surface area (Å²) >= 11 is 0. The number of H-pyrrole nitrogens is 1. The van der Waals surface area contributed by atoms with Gasteiger partial charge in [0.05, 0.1) is 17.4 Å². The first-order valence-electron chi connectivity index (χ1n) is 10.5. The second-order valence-electron chi connectivity index (χ2n) is 7.87. The Morgan fingerprint density at radius 1 is 1.00 bits per heavy atom. The van der Waals surface area contributed by atoms with Gasteiger partial charge >= 0.3 is 0 Å². The number of nitrogens with one attached hydrogen (secondary N) is 1. The van der Waals surface area contributed by atoms with E-state index in [0.29, 0.717) is 33.3 Å². The Kier molecular flexibility index (Phi) is 5.22. The van der Waals surface area contributed by atoms with Crippen molar-refractivity contribution in [1.82, 2.24) is 14.9 Å². The Morgan fingerprint density at radius 3 is 2.58 bits per heavy atom. The first-order chi connectivity index (χ1) is 16.0. The number of carbonyl (C=O) groups is 1. The Morgan fingerprint density at radius 2 is 1.76 bits per heavy atom. The highest BCUT2D eigenvalue weighted by atomic mass is 19.1. The van der Waals surface area contributed by atoms with E-state index in [1.54, 1.807) is 30.0 Å². The fourth-order valence-corrected chi connectivity index (χ4v) is 3.93. The number of rotatable bonds is 5. The molecule has 0 spiro atoms. The minimum absolute atomic E-state index is 0.0681. The van der Waals surface area contributed by atoms with Crippen molar-refractivity contribution in [2.24, 2.45) is 0 Å². The highest BCUT2D eigenvalue weighted by Gasteiger charge is 2.25. The van der Waals surface area contributed by atoms with Crippen molar-refractivity contribution < 1.29 is 13.6 Å². The van der Waals surface area contributed by atoms with Crippen LogP contribution in [0, 0.1) is 12.7 Å². The third-order valence-electron chi connectivity index (χ3n) is 5.60. The molecule has 0 unspecified atom stereocenters. The van der Waals surface area contributed by atoms with Crippen LogP contribution in [0.5, 0.6) is 0 Å². The smallest absolute Gasteiger partial charge is 0.290 e. The van der Waals surface area contributed by atoms with Gasteiger partial charge in [-0.2, -0.15) is 0 Å². The number of para-hydroxylation sites is 1. The van der Waals surface area contributed by atoms with E-state index in [-0.39, 0.29) is 30.3 Å². The molecule has 0 bridgehead atoms. The van der Waals surface area contributed by atoms with Crippen molar-refractivity contribution in [2.75, 3.05) is 0 Å². The molecule has 2 aromatic heterocycles. The summed E-state index contributed by atoms with van der Waals surface area (Å²) in [7, 11) is 0. The molecule has 0 aliphatic heterocycles. The molecule has 0 radical (unpaired) electrons. The molecule has 0 fully saturated rings. The lowest BCUT2D eigenvalue weighted by atomic mass is 10.1. The van der Waals surface area contributed by atoms with Crippen molar-refractivity contribution in [3.8, 4) is 0 Å². The zero-order valence-corrected chi connectivity index (χ0v) is 17.8. The van der Waals surface area contributed by atoms with Crippen LogP contribution in [0.25, 0.3) is 21.9 Å². The third kappa shape index (κ3) is 4.01. The fraction of sp³-hybridized carbons (Fsp3) is 0.115. The van der Waals surface area contributed by atoms with E-state index in [9.17, 15) is 14.0 Å². The van der Waals surface area contributed by atoms with Crippen LogP contribution in [0.1, 0.15) is 27.5 Å². The van der Waals surface area contributed by atoms with Crippen LogP contribution in [0.3, 0.4) is 0 Å². The number of fused-ring (bicyclic) bond motifs is 2. The molecule has 164 valence electrons. The highest BCUT2D eigenvalue weighted by molar-refractivity contribution is 5.99. The monoisotopic (exact) mass is 441 g/mol. The molecule has 6 nitrogen and oxygen atoms in total. The molecule has 0 aliphatic carbocycles. The van der Waals surface area contributed by atoms with E-state index in [0.717, 1.165) is 5.56 Å². The van der Waals surface area contributed by atoms with E-state index >= 15 is 0 Å². The minimum Gasteiger partial charge on any atom is -0.451 e. The van der Waals surface area contributed by atoms with Gasteiger partial charge in [0, 0.05) is 17.5 Å². The van der Waals surface area contributed by atoms with E-state index in [1.807, 2.05) is 36.4 Å². The van der Waals surface area contributed by atoms with Crippen molar-refractivity contribution in [3.63, 3.8) is 0 Å². The molecule has 0 aliphatic rings. The predicted octanol–water partition coefficient (Wildman–Crippen LogP) is 4.96. The lowest BCUT2D eigenvalue weighted by Gasteiger charge is -2.22. The molecule has 0 atom stereocenters. The molecule has 2 heterocycles. The Hall–Kier alpha value is -4.26. The Labute approximate surface area is 188 Å². The molecular formula is C26H20FN3O3. The SMILES string of the molecule is Cc1c(C(=O)N(Cc2ccccc2)Cc2nc3ccccc3c(=O)[nH]2)oc2ccc(F)cc12. The molecule has 0 saturated heterocycles. The lowest BCUT2D eigenvalue weighted by molar-refractivity contribution is 0.0694. The van der Waals surface area contributed by atoms with Gasteiger partial charge < -0.3 is 14.3 Å². The molecule has 0 saturated carbocycles. The zero-order valence-electron chi connectivity index (χ0n) is 17.8. The normalized spacial score (nSPS) is 11.2. The number of aromatic nitrogens is 2. The van der Waals surface area contributed by atoms with Gasteiger partial charge in [0.25, 0.3) is 11.5 Å². The number of nitrogens with zero attached hydrogens (tertiary/aromatic N) is 2. The molecule has 33 heavy (non-hydrogen) atoms. The number of hydrogen-bond donors (Lipinski definition) is 1. The number of carbonyl (C=O) groups excluding carboxylic acids is 1. The van der Waals surface area contributed by atoms with Gasteiger partial charge in [-0.3, -0.25) is 9.59 Å². The summed E-state index contributed by atoms with van der Waals surface area (Å²) in [6.45, 7) is 2.08. The summed E-state index contributed by atoms with van der Waals surface area (Å²) in [4.78, 5) is 35.0. The van der Waals surface area contributed by atoms with Gasteiger partial charge in [-0.15, -0.1) is 0 Å². The molecule has 5 aromatic rings. The summed E-state index contributed by atoms with van der Waals surface area (Å²) in [6, 6.07) is 20.7. The van der Waals surface area contributed by atoms with Crippen molar-refractivity contribution in [3.05, 3.63) is 112 Å². The fourth-order valence-electron chi connectivity index (χ4n) is 3.93. The second-order valence-corrected chi connectivity index (χ2v) is 7.87. The van der Waals surface area contributed by atoms with Gasteiger partial charge in [0.1, 0.15) is 17.2 Å². The number of hydrogen-bond acceptors (Lipinski definition) is 4. The number of benzene rings is 3. The summed E-state index contributed by atoms with van der Waals surface area (Å²) in [5.74, 6) is -0.272. The van der Waals surface area contributed by atoms with Crippen LogP contribution in [0.4, 0.5) is 4.39 Å². The predicted molar refractivity (Wildman–Crippen MR) is 123 cm³/mol. The van der Waals surface area contributed by atoms with Gasteiger partial charge in [-0.25, -0.2) is 9.37 Å². The van der Waals surface area contributed by atoms with E-state index in [1.165, 1.54) is 18.2 Å². The average molecular weight is 441 g/mol.